The summed E-state index contributed by atoms with van der Waals surface area (Å²) >= 11 is 0. The molecule has 1 amide bonds. The number of aryl methyl sites for hydroxylation is 2. The summed E-state index contributed by atoms with van der Waals surface area (Å²) in [6.07, 6.45) is -1.05. The van der Waals surface area contributed by atoms with Crippen molar-refractivity contribution in [3.63, 3.8) is 0 Å². The lowest BCUT2D eigenvalue weighted by molar-refractivity contribution is -0.122. The zero-order chi connectivity index (χ0) is 23.9. The molecule has 34 heavy (non-hydrogen) atoms. The Morgan fingerprint density at radius 2 is 1.56 bits per heavy atom. The smallest absolute Gasteiger partial charge is 0.267 e. The molecule has 9 heteroatoms. The van der Waals surface area contributed by atoms with E-state index in [0.717, 1.165) is 11.1 Å². The Balaban J connectivity index is 1.45. The number of rotatable bonds is 4. The van der Waals surface area contributed by atoms with E-state index in [1.165, 1.54) is 4.31 Å². The molecule has 2 heterocycles. The van der Waals surface area contributed by atoms with Crippen molar-refractivity contribution in [2.24, 2.45) is 0 Å². The Kier molecular flexibility index (Phi) is 5.57. The second-order valence-electron chi connectivity index (χ2n) is 8.27. The normalized spacial score (nSPS) is 16.9. The molecule has 3 aromatic carbocycles. The largest absolute Gasteiger partial charge is 0.486 e. The Hall–Kier alpha value is -3.72. The van der Waals surface area contributed by atoms with Gasteiger partial charge in [-0.25, -0.2) is 8.42 Å². The Bertz CT molecular complexity index is 1350. The maximum atomic E-state index is 13.6. The van der Waals surface area contributed by atoms with E-state index in [1.54, 1.807) is 54.6 Å². The van der Waals surface area contributed by atoms with Crippen molar-refractivity contribution in [1.82, 2.24) is 0 Å². The van der Waals surface area contributed by atoms with Crippen molar-refractivity contribution in [3.05, 3.63) is 71.8 Å². The van der Waals surface area contributed by atoms with Crippen LogP contribution in [0.1, 0.15) is 11.1 Å². The van der Waals surface area contributed by atoms with Crippen LogP contribution in [0.25, 0.3) is 0 Å². The molecule has 0 spiro atoms. The molecular formula is C25H24N2O6S. The number of hydrogen-bond acceptors (Lipinski definition) is 6. The predicted molar refractivity (Wildman–Crippen MR) is 127 cm³/mol. The fraction of sp³-hybridized carbons (Fsp3) is 0.240. The molecule has 5 rings (SSSR count). The molecule has 0 saturated heterocycles. The number of benzene rings is 3. The second-order valence-corrected chi connectivity index (χ2v) is 10.1. The van der Waals surface area contributed by atoms with Gasteiger partial charge in [-0.2, -0.15) is 0 Å². The maximum absolute atomic E-state index is 13.6. The second kappa shape index (κ2) is 8.57. The number of fused-ring (bicyclic) bond motifs is 2. The van der Waals surface area contributed by atoms with Crippen molar-refractivity contribution in [2.45, 2.75) is 24.8 Å². The van der Waals surface area contributed by atoms with Crippen LogP contribution in [0.5, 0.6) is 17.2 Å². The van der Waals surface area contributed by atoms with Crippen LogP contribution in [0.2, 0.25) is 0 Å². The third kappa shape index (κ3) is 4.14. The van der Waals surface area contributed by atoms with Gasteiger partial charge in [0.2, 0.25) is 0 Å². The summed E-state index contributed by atoms with van der Waals surface area (Å²) in [6.45, 7) is 4.50. The molecule has 3 aromatic rings. The van der Waals surface area contributed by atoms with Crippen LogP contribution in [-0.2, 0) is 14.8 Å². The number of carbonyl (C=O) groups is 1. The van der Waals surface area contributed by atoms with Crippen LogP contribution >= 0.6 is 0 Å². The Morgan fingerprint density at radius 3 is 2.32 bits per heavy atom. The van der Waals surface area contributed by atoms with Gasteiger partial charge in [0.1, 0.15) is 19.0 Å². The van der Waals surface area contributed by atoms with Gasteiger partial charge in [-0.1, -0.05) is 23.8 Å². The lowest BCUT2D eigenvalue weighted by Crippen LogP contribution is -2.48. The van der Waals surface area contributed by atoms with E-state index < -0.39 is 22.0 Å². The van der Waals surface area contributed by atoms with E-state index in [2.05, 4.69) is 5.32 Å². The molecule has 0 fully saturated rings. The van der Waals surface area contributed by atoms with Crippen LogP contribution in [0.4, 0.5) is 11.4 Å². The minimum atomic E-state index is -3.92. The number of sulfonamides is 1. The summed E-state index contributed by atoms with van der Waals surface area (Å²) in [6, 6.07) is 17.0. The predicted octanol–water partition coefficient (Wildman–Crippen LogP) is 3.67. The van der Waals surface area contributed by atoms with E-state index in [1.807, 2.05) is 19.9 Å². The fourth-order valence-electron chi connectivity index (χ4n) is 3.91. The lowest BCUT2D eigenvalue weighted by Gasteiger charge is -2.35. The van der Waals surface area contributed by atoms with E-state index in [4.69, 9.17) is 14.2 Å². The van der Waals surface area contributed by atoms with Crippen molar-refractivity contribution in [1.29, 1.82) is 0 Å². The van der Waals surface area contributed by atoms with Gasteiger partial charge in [0.15, 0.2) is 17.6 Å². The summed E-state index contributed by atoms with van der Waals surface area (Å²) < 4.78 is 45.4. The number of nitrogens with zero attached hydrogens (tertiary/aromatic N) is 1. The van der Waals surface area contributed by atoms with Gasteiger partial charge in [-0.15, -0.1) is 0 Å². The van der Waals surface area contributed by atoms with E-state index >= 15 is 0 Å². The molecule has 2 aliphatic heterocycles. The number of nitrogens with one attached hydrogen (secondary N) is 1. The van der Waals surface area contributed by atoms with Gasteiger partial charge in [0.25, 0.3) is 15.9 Å². The SMILES string of the molecule is Cc1ccc(S(=O)(=O)N2C[C@@H](C(=O)Nc3ccc4c(c3)OCCO4)Oc3ccc(C)cc32)cc1. The lowest BCUT2D eigenvalue weighted by atomic mass is 10.1. The van der Waals surface area contributed by atoms with Crippen molar-refractivity contribution in [3.8, 4) is 17.2 Å². The average molecular weight is 481 g/mol. The van der Waals surface area contributed by atoms with Crippen LogP contribution in [-0.4, -0.2) is 40.2 Å². The Morgan fingerprint density at radius 1 is 0.882 bits per heavy atom. The summed E-state index contributed by atoms with van der Waals surface area (Å²) in [5.41, 5.74) is 2.74. The number of carbonyl (C=O) groups excluding carboxylic acids is 1. The summed E-state index contributed by atoms with van der Waals surface area (Å²) in [7, 11) is -3.92. The quantitative estimate of drug-likeness (QED) is 0.612. The van der Waals surface area contributed by atoms with Crippen molar-refractivity contribution < 1.29 is 27.4 Å². The summed E-state index contributed by atoms with van der Waals surface area (Å²) in [5.74, 6) is 1.01. The van der Waals surface area contributed by atoms with Crippen molar-refractivity contribution in [2.75, 3.05) is 29.4 Å². The van der Waals surface area contributed by atoms with E-state index in [9.17, 15) is 13.2 Å². The molecule has 0 aromatic heterocycles. The highest BCUT2D eigenvalue weighted by molar-refractivity contribution is 7.92. The monoisotopic (exact) mass is 480 g/mol. The minimum Gasteiger partial charge on any atom is -0.486 e. The highest BCUT2D eigenvalue weighted by atomic mass is 32.2. The Labute approximate surface area is 198 Å². The molecule has 2 aliphatic rings. The van der Waals surface area contributed by atoms with Gasteiger partial charge >= 0.3 is 0 Å². The first-order chi connectivity index (χ1) is 16.3. The molecule has 1 atom stereocenters. The first-order valence-electron chi connectivity index (χ1n) is 10.9. The van der Waals surface area contributed by atoms with Crippen LogP contribution in [0.3, 0.4) is 0 Å². The first kappa shape index (κ1) is 22.1. The third-order valence-corrected chi connectivity index (χ3v) is 7.49. The molecule has 0 radical (unpaired) electrons. The van der Waals surface area contributed by atoms with Gasteiger partial charge in [0.05, 0.1) is 17.1 Å². The number of anilines is 2. The maximum Gasteiger partial charge on any atom is 0.267 e. The molecule has 8 nitrogen and oxygen atoms in total. The fourth-order valence-corrected chi connectivity index (χ4v) is 5.37. The van der Waals surface area contributed by atoms with Gasteiger partial charge in [-0.05, 0) is 55.8 Å². The number of ether oxygens (including phenoxy) is 3. The summed E-state index contributed by atoms with van der Waals surface area (Å²) in [5, 5.41) is 2.80. The molecule has 0 aliphatic carbocycles. The number of hydrogen-bond donors (Lipinski definition) is 1. The molecule has 1 N–H and O–H groups in total. The molecule has 0 unspecified atom stereocenters. The summed E-state index contributed by atoms with van der Waals surface area (Å²) in [4.78, 5) is 13.3. The molecular weight excluding hydrogens is 456 g/mol. The molecule has 176 valence electrons. The zero-order valence-corrected chi connectivity index (χ0v) is 19.6. The average Bonchev–Trinajstić information content (AvgIpc) is 2.83. The van der Waals surface area contributed by atoms with Gasteiger partial charge < -0.3 is 19.5 Å². The molecule has 0 saturated carbocycles. The van der Waals surface area contributed by atoms with Crippen LogP contribution in [0, 0.1) is 13.8 Å². The molecule has 0 bridgehead atoms. The van der Waals surface area contributed by atoms with E-state index in [-0.39, 0.29) is 11.4 Å². The van der Waals surface area contributed by atoms with E-state index in [0.29, 0.717) is 41.8 Å². The topological polar surface area (TPSA) is 94.2 Å². The van der Waals surface area contributed by atoms with Crippen molar-refractivity contribution >= 4 is 27.3 Å². The van der Waals surface area contributed by atoms with Crippen LogP contribution in [0.15, 0.2) is 65.6 Å². The highest BCUT2D eigenvalue weighted by Gasteiger charge is 2.37. The minimum absolute atomic E-state index is 0.151. The highest BCUT2D eigenvalue weighted by Crippen LogP contribution is 2.38. The van der Waals surface area contributed by atoms with Gasteiger partial charge in [-0.3, -0.25) is 9.10 Å². The standard InChI is InChI=1S/C25H24N2O6S/c1-16-3-7-19(8-4-16)34(29,30)27-15-24(33-21-9-5-17(2)13-20(21)27)25(28)26-18-6-10-22-23(14-18)32-12-11-31-22/h3-10,13-14,24H,11-12,15H2,1-2H3,(H,26,28)/t24-/m0/s1. The third-order valence-electron chi connectivity index (χ3n) is 5.70. The van der Waals surface area contributed by atoms with Crippen LogP contribution < -0.4 is 23.8 Å². The first-order valence-corrected chi connectivity index (χ1v) is 12.3. The zero-order valence-electron chi connectivity index (χ0n) is 18.8. The number of amides is 1. The van der Waals surface area contributed by atoms with Gasteiger partial charge in [0, 0.05) is 11.8 Å².